The van der Waals surface area contributed by atoms with Crippen molar-refractivity contribution in [3.8, 4) is 0 Å². The van der Waals surface area contributed by atoms with Gasteiger partial charge in [0.05, 0.1) is 0 Å². The maximum Gasteiger partial charge on any atom is 0.372 e. The standard InChI is InChI=1S/C7H12O3/c1-3-5(2)4-6(8)7(9)10/h5H,3-4H2,1-2H3,(H,9,10). The molecule has 0 saturated carbocycles. The third-order valence-electron chi connectivity index (χ3n) is 1.47. The Morgan fingerprint density at radius 2 is 2.00 bits per heavy atom. The van der Waals surface area contributed by atoms with Crippen molar-refractivity contribution < 1.29 is 14.7 Å². The second-order valence-corrected chi connectivity index (χ2v) is 2.45. The molecular weight excluding hydrogens is 132 g/mol. The monoisotopic (exact) mass is 144 g/mol. The fraction of sp³-hybridized carbons (Fsp3) is 0.714. The number of hydrogen-bond acceptors (Lipinski definition) is 2. The van der Waals surface area contributed by atoms with Crippen LogP contribution in [0.2, 0.25) is 0 Å². The first kappa shape index (κ1) is 9.14. The summed E-state index contributed by atoms with van der Waals surface area (Å²) in [5.41, 5.74) is 0. The molecule has 0 amide bonds. The van der Waals surface area contributed by atoms with E-state index in [1.165, 1.54) is 0 Å². The molecule has 0 aliphatic heterocycles. The smallest absolute Gasteiger partial charge is 0.372 e. The molecule has 1 atom stereocenters. The topological polar surface area (TPSA) is 54.4 Å². The Labute approximate surface area is 60.0 Å². The Morgan fingerprint density at radius 1 is 1.50 bits per heavy atom. The van der Waals surface area contributed by atoms with E-state index < -0.39 is 11.8 Å². The highest BCUT2D eigenvalue weighted by atomic mass is 16.4. The number of carbonyl (C=O) groups is 2. The normalized spacial score (nSPS) is 12.6. The van der Waals surface area contributed by atoms with Gasteiger partial charge in [0.1, 0.15) is 0 Å². The van der Waals surface area contributed by atoms with Crippen molar-refractivity contribution in [1.82, 2.24) is 0 Å². The average molecular weight is 144 g/mol. The van der Waals surface area contributed by atoms with Crippen LogP contribution in [-0.4, -0.2) is 16.9 Å². The van der Waals surface area contributed by atoms with Gasteiger partial charge >= 0.3 is 5.97 Å². The van der Waals surface area contributed by atoms with Gasteiger partial charge in [-0.25, -0.2) is 4.79 Å². The Morgan fingerprint density at radius 3 is 2.30 bits per heavy atom. The van der Waals surface area contributed by atoms with Crippen molar-refractivity contribution in [2.75, 3.05) is 0 Å². The van der Waals surface area contributed by atoms with Crippen LogP contribution in [0.5, 0.6) is 0 Å². The maximum atomic E-state index is 10.5. The van der Waals surface area contributed by atoms with E-state index in [-0.39, 0.29) is 12.3 Å². The molecule has 0 radical (unpaired) electrons. The number of carbonyl (C=O) groups excluding carboxylic acids is 1. The minimum atomic E-state index is -1.32. The van der Waals surface area contributed by atoms with Crippen molar-refractivity contribution in [2.24, 2.45) is 5.92 Å². The molecule has 0 spiro atoms. The zero-order chi connectivity index (χ0) is 8.15. The molecule has 0 aliphatic rings. The summed E-state index contributed by atoms with van der Waals surface area (Å²) in [6.07, 6.45) is 1.00. The number of carboxylic acid groups (broad SMARTS) is 1. The summed E-state index contributed by atoms with van der Waals surface area (Å²) in [6.45, 7) is 3.79. The highest BCUT2D eigenvalue weighted by Gasteiger charge is 2.13. The summed E-state index contributed by atoms with van der Waals surface area (Å²) < 4.78 is 0. The van der Waals surface area contributed by atoms with Crippen LogP contribution in [0, 0.1) is 5.92 Å². The summed E-state index contributed by atoms with van der Waals surface area (Å²) >= 11 is 0. The molecule has 0 fully saturated rings. The van der Waals surface area contributed by atoms with Gasteiger partial charge in [0, 0.05) is 6.42 Å². The van der Waals surface area contributed by atoms with Crippen molar-refractivity contribution in [1.29, 1.82) is 0 Å². The van der Waals surface area contributed by atoms with Gasteiger partial charge in [-0.2, -0.15) is 0 Å². The fourth-order valence-corrected chi connectivity index (χ4v) is 0.548. The van der Waals surface area contributed by atoms with Gasteiger partial charge in [0.15, 0.2) is 0 Å². The minimum absolute atomic E-state index is 0.159. The first-order chi connectivity index (χ1) is 4.57. The van der Waals surface area contributed by atoms with Crippen LogP contribution < -0.4 is 0 Å². The van der Waals surface area contributed by atoms with Crippen LogP contribution in [-0.2, 0) is 9.59 Å². The summed E-state index contributed by atoms with van der Waals surface area (Å²) in [7, 11) is 0. The van der Waals surface area contributed by atoms with Crippen LogP contribution in [0.15, 0.2) is 0 Å². The molecule has 0 rings (SSSR count). The molecule has 0 saturated heterocycles. The van der Waals surface area contributed by atoms with Crippen LogP contribution >= 0.6 is 0 Å². The van der Waals surface area contributed by atoms with Crippen molar-refractivity contribution in [3.63, 3.8) is 0 Å². The van der Waals surface area contributed by atoms with E-state index in [0.29, 0.717) is 0 Å². The lowest BCUT2D eigenvalue weighted by Gasteiger charge is -2.02. The molecule has 0 aromatic heterocycles. The van der Waals surface area contributed by atoms with E-state index in [0.717, 1.165) is 6.42 Å². The van der Waals surface area contributed by atoms with Crippen LogP contribution in [0.1, 0.15) is 26.7 Å². The van der Waals surface area contributed by atoms with Crippen molar-refractivity contribution in [3.05, 3.63) is 0 Å². The second-order valence-electron chi connectivity index (χ2n) is 2.45. The van der Waals surface area contributed by atoms with Gasteiger partial charge in [0.2, 0.25) is 5.78 Å². The molecule has 58 valence electrons. The SMILES string of the molecule is CCC(C)CC(=O)C(=O)O. The van der Waals surface area contributed by atoms with Gasteiger partial charge in [0.25, 0.3) is 0 Å². The Bertz CT molecular complexity index is 140. The molecule has 1 N–H and O–H groups in total. The first-order valence-corrected chi connectivity index (χ1v) is 3.34. The quantitative estimate of drug-likeness (QED) is 0.600. The molecule has 0 aromatic carbocycles. The molecule has 0 aliphatic carbocycles. The lowest BCUT2D eigenvalue weighted by Crippen LogP contribution is -2.15. The van der Waals surface area contributed by atoms with E-state index in [2.05, 4.69) is 0 Å². The van der Waals surface area contributed by atoms with Gasteiger partial charge in [-0.15, -0.1) is 0 Å². The third-order valence-corrected chi connectivity index (χ3v) is 1.47. The van der Waals surface area contributed by atoms with Crippen molar-refractivity contribution >= 4 is 11.8 Å². The third kappa shape index (κ3) is 3.22. The fourth-order valence-electron chi connectivity index (χ4n) is 0.548. The summed E-state index contributed by atoms with van der Waals surface area (Å²) in [5, 5.41) is 8.18. The molecule has 0 heterocycles. The summed E-state index contributed by atoms with van der Waals surface area (Å²) in [6, 6.07) is 0. The Balaban J connectivity index is 3.68. The number of rotatable bonds is 4. The molecule has 3 heteroatoms. The molecule has 10 heavy (non-hydrogen) atoms. The van der Waals surface area contributed by atoms with E-state index in [1.54, 1.807) is 0 Å². The average Bonchev–Trinajstić information content (AvgIpc) is 1.87. The highest BCUT2D eigenvalue weighted by molar-refractivity contribution is 6.32. The lowest BCUT2D eigenvalue weighted by atomic mass is 10.0. The number of aliphatic carboxylic acids is 1. The summed E-state index contributed by atoms with van der Waals surface area (Å²) in [5.74, 6) is -1.82. The number of ketones is 1. The Hall–Kier alpha value is -0.860. The predicted molar refractivity (Wildman–Crippen MR) is 36.7 cm³/mol. The first-order valence-electron chi connectivity index (χ1n) is 3.34. The zero-order valence-corrected chi connectivity index (χ0v) is 6.26. The number of hydrogen-bond donors (Lipinski definition) is 1. The molecular formula is C7H12O3. The minimum Gasteiger partial charge on any atom is -0.476 e. The Kier molecular flexibility index (Phi) is 3.69. The van der Waals surface area contributed by atoms with E-state index in [4.69, 9.17) is 5.11 Å². The molecule has 0 aromatic rings. The number of Topliss-reactive ketones (excluding diaryl/α,β-unsaturated/α-hetero) is 1. The number of carboxylic acids is 1. The largest absolute Gasteiger partial charge is 0.476 e. The van der Waals surface area contributed by atoms with Gasteiger partial charge in [-0.1, -0.05) is 20.3 Å². The van der Waals surface area contributed by atoms with Crippen LogP contribution in [0.4, 0.5) is 0 Å². The van der Waals surface area contributed by atoms with Gasteiger partial charge in [-0.3, -0.25) is 4.79 Å². The predicted octanol–water partition coefficient (Wildman–Crippen LogP) is 1.08. The van der Waals surface area contributed by atoms with Crippen molar-refractivity contribution in [2.45, 2.75) is 26.7 Å². The van der Waals surface area contributed by atoms with Crippen LogP contribution in [0.25, 0.3) is 0 Å². The van der Waals surface area contributed by atoms with Gasteiger partial charge < -0.3 is 5.11 Å². The van der Waals surface area contributed by atoms with E-state index >= 15 is 0 Å². The zero-order valence-electron chi connectivity index (χ0n) is 6.26. The summed E-state index contributed by atoms with van der Waals surface area (Å²) in [4.78, 5) is 20.5. The van der Waals surface area contributed by atoms with Crippen LogP contribution in [0.3, 0.4) is 0 Å². The lowest BCUT2D eigenvalue weighted by molar-refractivity contribution is -0.149. The van der Waals surface area contributed by atoms with E-state index in [1.807, 2.05) is 13.8 Å². The highest BCUT2D eigenvalue weighted by Crippen LogP contribution is 2.06. The van der Waals surface area contributed by atoms with Gasteiger partial charge in [-0.05, 0) is 5.92 Å². The van der Waals surface area contributed by atoms with E-state index in [9.17, 15) is 9.59 Å². The second kappa shape index (κ2) is 4.04. The maximum absolute atomic E-state index is 10.5. The molecule has 3 nitrogen and oxygen atoms in total. The molecule has 1 unspecified atom stereocenters. The molecule has 0 bridgehead atoms.